The molecule has 14 heavy (non-hydrogen) atoms. The van der Waals surface area contributed by atoms with Crippen LogP contribution in [0.1, 0.15) is 5.56 Å². The number of halogens is 3. The van der Waals surface area contributed by atoms with Crippen LogP contribution in [0.4, 0.5) is 14.5 Å². The molecular weight excluding hydrogens is 216 g/mol. The normalized spacial score (nSPS) is 9.29. The first-order valence-corrected chi connectivity index (χ1v) is 3.46. The van der Waals surface area contributed by atoms with Crippen LogP contribution in [0, 0.1) is 11.6 Å². The molecule has 0 saturated carbocycles. The maximum atomic E-state index is 12.9. The van der Waals surface area contributed by atoms with Gasteiger partial charge in [-0.3, -0.25) is 4.79 Å². The second-order valence-corrected chi connectivity index (χ2v) is 2.53. The summed E-state index contributed by atoms with van der Waals surface area (Å²) in [5.74, 6) is -3.15. The number of carboxylic acid groups (broad SMARTS) is 1. The molecule has 0 spiro atoms. The van der Waals surface area contributed by atoms with Crippen molar-refractivity contribution in [3.8, 4) is 0 Å². The summed E-state index contributed by atoms with van der Waals surface area (Å²) >= 11 is 0. The van der Waals surface area contributed by atoms with E-state index in [1.807, 2.05) is 0 Å². The van der Waals surface area contributed by atoms with Crippen molar-refractivity contribution in [3.63, 3.8) is 0 Å². The molecule has 3 N–H and O–H groups in total. The standard InChI is InChI=1S/C8H7F2NO2.ClH/c9-6-1-4(11)2-7(10)5(6)3-8(12)13;/h1-2H,3,11H2,(H,12,13);1H. The number of nitrogens with two attached hydrogens (primary N) is 1. The van der Waals surface area contributed by atoms with Crippen molar-refractivity contribution in [1.82, 2.24) is 0 Å². The van der Waals surface area contributed by atoms with Gasteiger partial charge in [0.05, 0.1) is 6.42 Å². The zero-order valence-corrected chi connectivity index (χ0v) is 7.78. The minimum absolute atomic E-state index is 0. The Morgan fingerprint density at radius 2 is 1.79 bits per heavy atom. The Bertz CT molecular complexity index is 334. The van der Waals surface area contributed by atoms with Crippen LogP contribution in [0.15, 0.2) is 12.1 Å². The number of hydrogen-bond donors (Lipinski definition) is 2. The Balaban J connectivity index is 0.00000169. The van der Waals surface area contributed by atoms with E-state index in [1.54, 1.807) is 0 Å². The van der Waals surface area contributed by atoms with E-state index in [1.165, 1.54) is 0 Å². The lowest BCUT2D eigenvalue weighted by molar-refractivity contribution is -0.136. The molecule has 0 aromatic heterocycles. The van der Waals surface area contributed by atoms with E-state index in [-0.39, 0.29) is 18.1 Å². The lowest BCUT2D eigenvalue weighted by Crippen LogP contribution is -2.06. The lowest BCUT2D eigenvalue weighted by Gasteiger charge is -2.02. The van der Waals surface area contributed by atoms with Crippen molar-refractivity contribution in [2.45, 2.75) is 6.42 Å². The molecule has 6 heteroatoms. The van der Waals surface area contributed by atoms with Crippen molar-refractivity contribution in [1.29, 1.82) is 0 Å². The predicted octanol–water partition coefficient (Wildman–Crippen LogP) is 1.60. The highest BCUT2D eigenvalue weighted by Crippen LogP contribution is 2.17. The number of carboxylic acids is 1. The Labute approximate surface area is 84.9 Å². The summed E-state index contributed by atoms with van der Waals surface area (Å²) in [7, 11) is 0. The Hall–Kier alpha value is -1.36. The first-order chi connectivity index (χ1) is 6.00. The monoisotopic (exact) mass is 223 g/mol. The van der Waals surface area contributed by atoms with Crippen molar-refractivity contribution in [2.24, 2.45) is 0 Å². The number of nitrogen functional groups attached to an aromatic ring is 1. The fraction of sp³-hybridized carbons (Fsp3) is 0.125. The fourth-order valence-electron chi connectivity index (χ4n) is 0.943. The van der Waals surface area contributed by atoms with Crippen LogP contribution in [0.25, 0.3) is 0 Å². The van der Waals surface area contributed by atoms with Gasteiger partial charge in [-0.05, 0) is 12.1 Å². The highest BCUT2D eigenvalue weighted by molar-refractivity contribution is 5.85. The second-order valence-electron chi connectivity index (χ2n) is 2.53. The molecule has 0 saturated heterocycles. The molecule has 1 aromatic carbocycles. The molecule has 0 amide bonds. The topological polar surface area (TPSA) is 63.3 Å². The molecule has 3 nitrogen and oxygen atoms in total. The largest absolute Gasteiger partial charge is 0.481 e. The number of hydrogen-bond acceptors (Lipinski definition) is 2. The smallest absolute Gasteiger partial charge is 0.308 e. The molecular formula is C8H8ClF2NO2. The highest BCUT2D eigenvalue weighted by Gasteiger charge is 2.13. The summed E-state index contributed by atoms with van der Waals surface area (Å²) in [6, 6.07) is 1.78. The Kier molecular flexibility index (Phi) is 4.30. The van der Waals surface area contributed by atoms with E-state index in [4.69, 9.17) is 10.8 Å². The van der Waals surface area contributed by atoms with Crippen molar-refractivity contribution in [3.05, 3.63) is 29.3 Å². The molecule has 0 radical (unpaired) electrons. The van der Waals surface area contributed by atoms with E-state index in [9.17, 15) is 13.6 Å². The van der Waals surface area contributed by atoms with Gasteiger partial charge in [-0.25, -0.2) is 8.78 Å². The number of carbonyl (C=O) groups is 1. The molecule has 0 aliphatic rings. The number of rotatable bonds is 2. The van der Waals surface area contributed by atoms with Crippen LogP contribution in [-0.2, 0) is 11.2 Å². The molecule has 1 rings (SSSR count). The average Bonchev–Trinajstić information content (AvgIpc) is 1.96. The third-order valence-corrected chi connectivity index (χ3v) is 1.49. The first-order valence-electron chi connectivity index (χ1n) is 3.46. The third-order valence-electron chi connectivity index (χ3n) is 1.49. The van der Waals surface area contributed by atoms with Crippen LogP contribution in [-0.4, -0.2) is 11.1 Å². The van der Waals surface area contributed by atoms with Crippen molar-refractivity contribution < 1.29 is 18.7 Å². The minimum Gasteiger partial charge on any atom is -0.481 e. The molecule has 0 bridgehead atoms. The molecule has 0 aliphatic carbocycles. The Morgan fingerprint density at radius 1 is 1.36 bits per heavy atom. The third kappa shape index (κ3) is 2.85. The second kappa shape index (κ2) is 4.76. The fourth-order valence-corrected chi connectivity index (χ4v) is 0.943. The summed E-state index contributed by atoms with van der Waals surface area (Å²) < 4.78 is 25.8. The van der Waals surface area contributed by atoms with E-state index in [2.05, 4.69) is 0 Å². The van der Waals surface area contributed by atoms with Gasteiger partial charge in [0.2, 0.25) is 0 Å². The predicted molar refractivity (Wildman–Crippen MR) is 49.4 cm³/mol. The van der Waals surface area contributed by atoms with Gasteiger partial charge >= 0.3 is 5.97 Å². The number of aliphatic carboxylic acids is 1. The van der Waals surface area contributed by atoms with Crippen LogP contribution < -0.4 is 5.73 Å². The van der Waals surface area contributed by atoms with Gasteiger partial charge in [0.1, 0.15) is 11.6 Å². The molecule has 0 aliphatic heterocycles. The summed E-state index contributed by atoms with van der Waals surface area (Å²) in [4.78, 5) is 10.2. The molecule has 0 atom stereocenters. The van der Waals surface area contributed by atoms with Crippen molar-refractivity contribution in [2.75, 3.05) is 5.73 Å². The average molecular weight is 224 g/mol. The van der Waals surface area contributed by atoms with Crippen LogP contribution in [0.3, 0.4) is 0 Å². The SMILES string of the molecule is Cl.Nc1cc(F)c(CC(=O)O)c(F)c1. The van der Waals surface area contributed by atoms with E-state index in [0.717, 1.165) is 12.1 Å². The zero-order valence-electron chi connectivity index (χ0n) is 6.96. The number of anilines is 1. The van der Waals surface area contributed by atoms with E-state index >= 15 is 0 Å². The van der Waals surface area contributed by atoms with Crippen molar-refractivity contribution >= 4 is 24.1 Å². The molecule has 0 unspecified atom stereocenters. The van der Waals surface area contributed by atoms with Crippen LogP contribution >= 0.6 is 12.4 Å². The summed E-state index contributed by atoms with van der Waals surface area (Å²) in [6.45, 7) is 0. The molecule has 0 fully saturated rings. The van der Waals surface area contributed by atoms with Gasteiger partial charge in [-0.2, -0.15) is 0 Å². The lowest BCUT2D eigenvalue weighted by atomic mass is 10.1. The number of benzene rings is 1. The van der Waals surface area contributed by atoms with Gasteiger partial charge < -0.3 is 10.8 Å². The summed E-state index contributed by atoms with van der Waals surface area (Å²) in [5, 5.41) is 8.32. The van der Waals surface area contributed by atoms with Gasteiger partial charge in [-0.15, -0.1) is 12.4 Å². The quantitative estimate of drug-likeness (QED) is 0.749. The minimum atomic E-state index is -1.29. The summed E-state index contributed by atoms with van der Waals surface area (Å²) in [6.07, 6.45) is -0.683. The Morgan fingerprint density at radius 3 is 2.14 bits per heavy atom. The molecule has 78 valence electrons. The zero-order chi connectivity index (χ0) is 10.0. The van der Waals surface area contributed by atoms with Gasteiger partial charge in [0, 0.05) is 11.3 Å². The van der Waals surface area contributed by atoms with Gasteiger partial charge in [0.15, 0.2) is 0 Å². The van der Waals surface area contributed by atoms with E-state index < -0.39 is 29.6 Å². The van der Waals surface area contributed by atoms with Crippen LogP contribution in [0.5, 0.6) is 0 Å². The van der Waals surface area contributed by atoms with E-state index in [0.29, 0.717) is 0 Å². The van der Waals surface area contributed by atoms with Crippen LogP contribution in [0.2, 0.25) is 0 Å². The first kappa shape index (κ1) is 12.6. The molecule has 1 aromatic rings. The summed E-state index contributed by atoms with van der Waals surface area (Å²) in [5.41, 5.74) is 4.60. The maximum Gasteiger partial charge on any atom is 0.308 e. The molecule has 0 heterocycles. The van der Waals surface area contributed by atoms with Gasteiger partial charge in [0.25, 0.3) is 0 Å². The van der Waals surface area contributed by atoms with Gasteiger partial charge in [-0.1, -0.05) is 0 Å². The maximum absolute atomic E-state index is 12.9. The highest BCUT2D eigenvalue weighted by atomic mass is 35.5.